The molecule has 1 fully saturated rings. The van der Waals surface area contributed by atoms with Gasteiger partial charge in [0.1, 0.15) is 11.5 Å². The van der Waals surface area contributed by atoms with Gasteiger partial charge in [-0.2, -0.15) is 5.10 Å². The Kier molecular flexibility index (Phi) is 5.19. The molecule has 1 N–H and O–H groups in total. The number of ketones is 1. The third-order valence-electron chi connectivity index (χ3n) is 4.94. The zero-order chi connectivity index (χ0) is 19.3. The number of nitrogens with zero attached hydrogens (tertiary/aromatic N) is 2. The number of likely N-dealkylation sites (tertiary alicyclic amines) is 1. The number of nitrogens with one attached hydrogen (secondary N) is 1. The van der Waals surface area contributed by atoms with Gasteiger partial charge in [-0.15, -0.1) is 0 Å². The van der Waals surface area contributed by atoms with E-state index in [9.17, 15) is 9.59 Å². The van der Waals surface area contributed by atoms with E-state index in [1.54, 1.807) is 35.4 Å². The van der Waals surface area contributed by atoms with Crippen LogP contribution in [0, 0.1) is 5.92 Å². The quantitative estimate of drug-likeness (QED) is 0.686. The third kappa shape index (κ3) is 3.96. The number of aromatic nitrogens is 2. The van der Waals surface area contributed by atoms with Crippen LogP contribution in [-0.2, 0) is 0 Å². The Labute approximate surface area is 163 Å². The highest BCUT2D eigenvalue weighted by molar-refractivity contribution is 5.99. The standard InChI is InChI=1S/C22H21N3O3/c26-21(16-8-10-20(11-9-16)28-19-6-2-1-3-7-19)17-5-4-12-25(15-17)22(27)18-13-23-24-14-18/h1-3,6-11,13-14,17H,4-5,12,15H2,(H,23,24). The minimum atomic E-state index is -0.189. The van der Waals surface area contributed by atoms with Gasteiger partial charge in [0.15, 0.2) is 5.78 Å². The van der Waals surface area contributed by atoms with Crippen LogP contribution in [0.2, 0.25) is 0 Å². The van der Waals surface area contributed by atoms with Crippen LogP contribution in [0.4, 0.5) is 0 Å². The number of piperidine rings is 1. The van der Waals surface area contributed by atoms with E-state index in [-0.39, 0.29) is 17.6 Å². The molecule has 28 heavy (non-hydrogen) atoms. The zero-order valence-corrected chi connectivity index (χ0v) is 15.4. The molecule has 1 amide bonds. The number of Topliss-reactive ketones (excluding diaryl/α,β-unsaturated/α-hetero) is 1. The lowest BCUT2D eigenvalue weighted by molar-refractivity contribution is 0.0637. The molecule has 1 aliphatic heterocycles. The summed E-state index contributed by atoms with van der Waals surface area (Å²) in [5, 5.41) is 6.48. The van der Waals surface area contributed by atoms with E-state index in [0.717, 1.165) is 18.6 Å². The van der Waals surface area contributed by atoms with Crippen molar-refractivity contribution in [3.8, 4) is 11.5 Å². The molecular formula is C22H21N3O3. The van der Waals surface area contributed by atoms with Gasteiger partial charge in [-0.1, -0.05) is 18.2 Å². The van der Waals surface area contributed by atoms with E-state index in [1.807, 2.05) is 30.3 Å². The Morgan fingerprint density at radius 2 is 1.75 bits per heavy atom. The van der Waals surface area contributed by atoms with Crippen molar-refractivity contribution >= 4 is 11.7 Å². The highest BCUT2D eigenvalue weighted by Crippen LogP contribution is 2.25. The molecule has 142 valence electrons. The molecule has 0 spiro atoms. The number of amides is 1. The van der Waals surface area contributed by atoms with Gasteiger partial charge in [-0.25, -0.2) is 0 Å². The summed E-state index contributed by atoms with van der Waals surface area (Å²) in [6, 6.07) is 16.7. The fourth-order valence-corrected chi connectivity index (χ4v) is 3.47. The average Bonchev–Trinajstić information content (AvgIpc) is 3.29. The second-order valence-electron chi connectivity index (χ2n) is 6.88. The van der Waals surface area contributed by atoms with E-state index >= 15 is 0 Å². The Hall–Kier alpha value is -3.41. The summed E-state index contributed by atoms with van der Waals surface area (Å²) in [6.45, 7) is 1.10. The summed E-state index contributed by atoms with van der Waals surface area (Å²) in [5.74, 6) is 1.23. The van der Waals surface area contributed by atoms with Gasteiger partial charge >= 0.3 is 0 Å². The Bertz CT molecular complexity index is 937. The predicted octanol–water partition coefficient (Wildman–Crippen LogP) is 3.94. The molecule has 1 atom stereocenters. The van der Waals surface area contributed by atoms with Gasteiger partial charge < -0.3 is 9.64 Å². The normalized spacial score (nSPS) is 16.6. The van der Waals surface area contributed by atoms with Crippen molar-refractivity contribution in [1.29, 1.82) is 0 Å². The first kappa shape index (κ1) is 18.0. The van der Waals surface area contributed by atoms with Gasteiger partial charge in [0, 0.05) is 30.8 Å². The highest BCUT2D eigenvalue weighted by atomic mass is 16.5. The number of hydrogen-bond donors (Lipinski definition) is 1. The second-order valence-corrected chi connectivity index (χ2v) is 6.88. The smallest absolute Gasteiger partial charge is 0.257 e. The van der Waals surface area contributed by atoms with Crippen LogP contribution in [0.15, 0.2) is 67.0 Å². The SMILES string of the molecule is O=C(c1ccc(Oc2ccccc2)cc1)C1CCCN(C(=O)c2cn[nH]c2)C1. The molecule has 4 rings (SSSR count). The summed E-state index contributed by atoms with van der Waals surface area (Å²) in [4.78, 5) is 27.2. The fourth-order valence-electron chi connectivity index (χ4n) is 3.47. The molecule has 6 heteroatoms. The lowest BCUT2D eigenvalue weighted by atomic mass is 9.89. The number of hydrogen-bond acceptors (Lipinski definition) is 4. The van der Waals surface area contributed by atoms with Gasteiger partial charge in [-0.3, -0.25) is 14.7 Å². The van der Waals surface area contributed by atoms with Gasteiger partial charge in [0.25, 0.3) is 5.91 Å². The predicted molar refractivity (Wildman–Crippen MR) is 105 cm³/mol. The fraction of sp³-hybridized carbons (Fsp3) is 0.227. The summed E-state index contributed by atoms with van der Waals surface area (Å²) in [7, 11) is 0. The maximum absolute atomic E-state index is 12.9. The molecule has 2 heterocycles. The highest BCUT2D eigenvalue weighted by Gasteiger charge is 2.29. The topological polar surface area (TPSA) is 75.3 Å². The van der Waals surface area contributed by atoms with Gasteiger partial charge in [0.05, 0.1) is 11.8 Å². The summed E-state index contributed by atoms with van der Waals surface area (Å²) in [5.41, 5.74) is 1.17. The van der Waals surface area contributed by atoms with Gasteiger partial charge in [0.2, 0.25) is 0 Å². The molecular weight excluding hydrogens is 354 g/mol. The minimum absolute atomic E-state index is 0.0657. The summed E-state index contributed by atoms with van der Waals surface area (Å²) < 4.78 is 5.78. The monoisotopic (exact) mass is 375 g/mol. The number of carbonyl (C=O) groups is 2. The second kappa shape index (κ2) is 8.08. The maximum Gasteiger partial charge on any atom is 0.257 e. The molecule has 3 aromatic rings. The van der Waals surface area contributed by atoms with Crippen LogP contribution in [0.3, 0.4) is 0 Å². The van der Waals surface area contributed by atoms with Crippen molar-refractivity contribution < 1.29 is 14.3 Å². The van der Waals surface area contributed by atoms with Crippen molar-refractivity contribution in [3.05, 3.63) is 78.1 Å². The van der Waals surface area contributed by atoms with Crippen LogP contribution in [-0.4, -0.2) is 39.9 Å². The first-order valence-electron chi connectivity index (χ1n) is 9.36. The first-order valence-corrected chi connectivity index (χ1v) is 9.36. The van der Waals surface area contributed by atoms with E-state index in [1.165, 1.54) is 6.20 Å². The molecule has 0 aliphatic carbocycles. The Morgan fingerprint density at radius 1 is 1.00 bits per heavy atom. The molecule has 0 bridgehead atoms. The maximum atomic E-state index is 12.9. The van der Waals surface area contributed by atoms with Crippen molar-refractivity contribution in [2.24, 2.45) is 5.92 Å². The number of H-pyrrole nitrogens is 1. The number of carbonyl (C=O) groups excluding carboxylic acids is 2. The number of aromatic amines is 1. The largest absolute Gasteiger partial charge is 0.457 e. The lowest BCUT2D eigenvalue weighted by Gasteiger charge is -2.31. The Balaban J connectivity index is 1.41. The van der Waals surface area contributed by atoms with Crippen molar-refractivity contribution in [2.75, 3.05) is 13.1 Å². The molecule has 1 aromatic heterocycles. The molecule has 1 unspecified atom stereocenters. The zero-order valence-electron chi connectivity index (χ0n) is 15.4. The number of rotatable bonds is 5. The van der Waals surface area contributed by atoms with E-state index in [4.69, 9.17) is 4.74 Å². The van der Waals surface area contributed by atoms with Crippen LogP contribution in [0.25, 0.3) is 0 Å². The van der Waals surface area contributed by atoms with Crippen molar-refractivity contribution in [1.82, 2.24) is 15.1 Å². The van der Waals surface area contributed by atoms with Crippen LogP contribution < -0.4 is 4.74 Å². The molecule has 1 saturated heterocycles. The number of ether oxygens (including phenoxy) is 1. The third-order valence-corrected chi connectivity index (χ3v) is 4.94. The molecule has 0 saturated carbocycles. The van der Waals surface area contributed by atoms with Gasteiger partial charge in [-0.05, 0) is 49.2 Å². The lowest BCUT2D eigenvalue weighted by Crippen LogP contribution is -2.42. The molecule has 2 aromatic carbocycles. The number of para-hydroxylation sites is 1. The molecule has 0 radical (unpaired) electrons. The minimum Gasteiger partial charge on any atom is -0.457 e. The summed E-state index contributed by atoms with van der Waals surface area (Å²) in [6.07, 6.45) is 4.70. The van der Waals surface area contributed by atoms with Crippen molar-refractivity contribution in [2.45, 2.75) is 12.8 Å². The molecule has 1 aliphatic rings. The summed E-state index contributed by atoms with van der Waals surface area (Å²) >= 11 is 0. The van der Waals surface area contributed by atoms with E-state index in [0.29, 0.717) is 30.0 Å². The van der Waals surface area contributed by atoms with E-state index < -0.39 is 0 Å². The molecule has 6 nitrogen and oxygen atoms in total. The van der Waals surface area contributed by atoms with Crippen LogP contribution in [0.5, 0.6) is 11.5 Å². The first-order chi connectivity index (χ1) is 13.7. The van der Waals surface area contributed by atoms with Crippen LogP contribution in [0.1, 0.15) is 33.6 Å². The number of benzene rings is 2. The van der Waals surface area contributed by atoms with Crippen molar-refractivity contribution in [3.63, 3.8) is 0 Å². The van der Waals surface area contributed by atoms with Crippen LogP contribution >= 0.6 is 0 Å². The van der Waals surface area contributed by atoms with E-state index in [2.05, 4.69) is 10.2 Å². The Morgan fingerprint density at radius 3 is 2.46 bits per heavy atom. The average molecular weight is 375 g/mol.